The average molecular weight is 390 g/mol. The maximum Gasteiger partial charge on any atom is 0.255 e. The van der Waals surface area contributed by atoms with Crippen molar-refractivity contribution in [3.8, 4) is 0 Å². The minimum absolute atomic E-state index is 0.104. The van der Waals surface area contributed by atoms with Gasteiger partial charge < -0.3 is 10.6 Å². The Balaban J connectivity index is 2.27. The van der Waals surface area contributed by atoms with Gasteiger partial charge in [0.2, 0.25) is 10.0 Å². The molecular formula is C20H27N3O3S. The van der Waals surface area contributed by atoms with Crippen molar-refractivity contribution in [1.29, 1.82) is 0 Å². The SMILES string of the molecule is CCNCc1ccccc1NC(=O)c1cccc(S(=O)(=O)N(C)C(C)C)c1. The van der Waals surface area contributed by atoms with Gasteiger partial charge >= 0.3 is 0 Å². The maximum absolute atomic E-state index is 12.7. The number of rotatable bonds is 8. The molecule has 0 aromatic heterocycles. The summed E-state index contributed by atoms with van der Waals surface area (Å²) >= 11 is 0. The summed E-state index contributed by atoms with van der Waals surface area (Å²) < 4.78 is 26.6. The van der Waals surface area contributed by atoms with Crippen molar-refractivity contribution in [3.63, 3.8) is 0 Å². The zero-order valence-electron chi connectivity index (χ0n) is 16.2. The summed E-state index contributed by atoms with van der Waals surface area (Å²) in [5.74, 6) is -0.344. The number of anilines is 1. The van der Waals surface area contributed by atoms with Gasteiger partial charge in [-0.05, 0) is 50.2 Å². The molecule has 0 atom stereocenters. The monoisotopic (exact) mass is 389 g/mol. The van der Waals surface area contributed by atoms with Gasteiger partial charge in [0.25, 0.3) is 5.91 Å². The van der Waals surface area contributed by atoms with Gasteiger partial charge in [-0.1, -0.05) is 31.2 Å². The fourth-order valence-electron chi connectivity index (χ4n) is 2.49. The van der Waals surface area contributed by atoms with E-state index in [1.807, 2.05) is 31.2 Å². The molecule has 2 rings (SSSR count). The number of nitrogens with one attached hydrogen (secondary N) is 2. The van der Waals surface area contributed by atoms with Gasteiger partial charge in [-0.15, -0.1) is 0 Å². The number of nitrogens with zero attached hydrogens (tertiary/aromatic N) is 1. The Hall–Kier alpha value is -2.22. The Kier molecular flexibility index (Phi) is 7.12. The number of carbonyl (C=O) groups is 1. The lowest BCUT2D eigenvalue weighted by Gasteiger charge is -2.21. The third-order valence-electron chi connectivity index (χ3n) is 4.33. The number of para-hydroxylation sites is 1. The molecule has 6 nitrogen and oxygen atoms in total. The first kappa shape index (κ1) is 21.1. The number of amides is 1. The highest BCUT2D eigenvalue weighted by atomic mass is 32.2. The lowest BCUT2D eigenvalue weighted by molar-refractivity contribution is 0.102. The van der Waals surface area contributed by atoms with Crippen LogP contribution >= 0.6 is 0 Å². The van der Waals surface area contributed by atoms with Crippen LogP contribution in [0, 0.1) is 0 Å². The molecule has 2 aromatic carbocycles. The smallest absolute Gasteiger partial charge is 0.255 e. The third-order valence-corrected chi connectivity index (χ3v) is 6.36. The summed E-state index contributed by atoms with van der Waals surface area (Å²) in [5, 5.41) is 6.11. The first-order valence-electron chi connectivity index (χ1n) is 8.95. The van der Waals surface area contributed by atoms with Gasteiger partial charge in [0.1, 0.15) is 0 Å². The molecule has 0 aliphatic heterocycles. The van der Waals surface area contributed by atoms with Gasteiger partial charge in [-0.2, -0.15) is 4.31 Å². The maximum atomic E-state index is 12.7. The van der Waals surface area contributed by atoms with Crippen LogP contribution in [0.1, 0.15) is 36.7 Å². The van der Waals surface area contributed by atoms with Crippen molar-refractivity contribution < 1.29 is 13.2 Å². The minimum Gasteiger partial charge on any atom is -0.322 e. The standard InChI is InChI=1S/C20H27N3O3S/c1-5-21-14-17-9-6-7-12-19(17)22-20(24)16-10-8-11-18(13-16)27(25,26)23(4)15(2)3/h6-13,15,21H,5,14H2,1-4H3,(H,22,24). The van der Waals surface area contributed by atoms with E-state index in [2.05, 4.69) is 10.6 Å². The van der Waals surface area contributed by atoms with E-state index in [0.29, 0.717) is 17.8 Å². The Morgan fingerprint density at radius 2 is 1.81 bits per heavy atom. The van der Waals surface area contributed by atoms with E-state index in [1.165, 1.54) is 23.5 Å². The molecule has 0 aliphatic carbocycles. The van der Waals surface area contributed by atoms with E-state index in [9.17, 15) is 13.2 Å². The molecule has 0 heterocycles. The molecule has 0 saturated heterocycles. The Morgan fingerprint density at radius 3 is 2.48 bits per heavy atom. The molecule has 0 spiro atoms. The number of benzene rings is 2. The van der Waals surface area contributed by atoms with Crippen molar-refractivity contribution >= 4 is 21.6 Å². The van der Waals surface area contributed by atoms with Crippen LogP contribution < -0.4 is 10.6 Å². The lowest BCUT2D eigenvalue weighted by atomic mass is 10.1. The molecule has 0 fully saturated rings. The molecule has 2 aromatic rings. The topological polar surface area (TPSA) is 78.5 Å². The van der Waals surface area contributed by atoms with Crippen LogP contribution in [0.2, 0.25) is 0 Å². The molecule has 0 aliphatic rings. The first-order chi connectivity index (χ1) is 12.8. The van der Waals surface area contributed by atoms with Crippen molar-refractivity contribution in [2.24, 2.45) is 0 Å². The molecule has 0 saturated carbocycles. The molecule has 2 N–H and O–H groups in total. The second-order valence-corrected chi connectivity index (χ2v) is 8.53. The van der Waals surface area contributed by atoms with E-state index >= 15 is 0 Å². The highest BCUT2D eigenvalue weighted by Gasteiger charge is 2.24. The zero-order valence-corrected chi connectivity index (χ0v) is 17.0. The average Bonchev–Trinajstić information content (AvgIpc) is 2.66. The number of carbonyl (C=O) groups excluding carboxylic acids is 1. The normalized spacial score (nSPS) is 11.8. The molecule has 0 radical (unpaired) electrons. The van der Waals surface area contributed by atoms with Crippen LogP contribution in [0.3, 0.4) is 0 Å². The molecule has 27 heavy (non-hydrogen) atoms. The highest BCUT2D eigenvalue weighted by Crippen LogP contribution is 2.20. The number of sulfonamides is 1. The highest BCUT2D eigenvalue weighted by molar-refractivity contribution is 7.89. The summed E-state index contributed by atoms with van der Waals surface area (Å²) in [6.45, 7) is 7.08. The lowest BCUT2D eigenvalue weighted by Crippen LogP contribution is -2.33. The van der Waals surface area contributed by atoms with Gasteiger partial charge in [0.05, 0.1) is 4.90 Å². The van der Waals surface area contributed by atoms with E-state index in [4.69, 9.17) is 0 Å². The predicted molar refractivity (Wildman–Crippen MR) is 108 cm³/mol. The van der Waals surface area contributed by atoms with Crippen LogP contribution in [0.15, 0.2) is 53.4 Å². The summed E-state index contributed by atoms with van der Waals surface area (Å²) in [5.41, 5.74) is 1.97. The van der Waals surface area contributed by atoms with Gasteiger partial charge in [0, 0.05) is 30.9 Å². The first-order valence-corrected chi connectivity index (χ1v) is 10.4. The van der Waals surface area contributed by atoms with Gasteiger partial charge in [0.15, 0.2) is 0 Å². The van der Waals surface area contributed by atoms with E-state index in [-0.39, 0.29) is 16.8 Å². The molecule has 7 heteroatoms. The van der Waals surface area contributed by atoms with Crippen LogP contribution in [-0.2, 0) is 16.6 Å². The molecule has 0 unspecified atom stereocenters. The van der Waals surface area contributed by atoms with Crippen molar-refractivity contribution in [2.75, 3.05) is 18.9 Å². The second kappa shape index (κ2) is 9.12. The fraction of sp³-hybridized carbons (Fsp3) is 0.350. The van der Waals surface area contributed by atoms with Crippen LogP contribution in [0.25, 0.3) is 0 Å². The third kappa shape index (κ3) is 5.15. The van der Waals surface area contributed by atoms with E-state index in [0.717, 1.165) is 12.1 Å². The molecule has 0 bridgehead atoms. The molecule has 146 valence electrons. The number of hydrogen-bond donors (Lipinski definition) is 2. The van der Waals surface area contributed by atoms with Crippen LogP contribution in [0.5, 0.6) is 0 Å². The second-order valence-electron chi connectivity index (χ2n) is 6.53. The van der Waals surface area contributed by atoms with E-state index in [1.54, 1.807) is 26.0 Å². The zero-order chi connectivity index (χ0) is 20.0. The molecular weight excluding hydrogens is 362 g/mol. The van der Waals surface area contributed by atoms with Crippen molar-refractivity contribution in [1.82, 2.24) is 9.62 Å². The minimum atomic E-state index is -3.64. The number of hydrogen-bond acceptors (Lipinski definition) is 4. The van der Waals surface area contributed by atoms with Crippen molar-refractivity contribution in [3.05, 3.63) is 59.7 Å². The summed E-state index contributed by atoms with van der Waals surface area (Å²) in [6.07, 6.45) is 0. The summed E-state index contributed by atoms with van der Waals surface area (Å²) in [7, 11) is -2.11. The quantitative estimate of drug-likeness (QED) is 0.727. The molecule has 1 amide bonds. The Labute approximate surface area is 161 Å². The summed E-state index contributed by atoms with van der Waals surface area (Å²) in [4.78, 5) is 12.8. The van der Waals surface area contributed by atoms with E-state index < -0.39 is 10.0 Å². The predicted octanol–water partition coefficient (Wildman–Crippen LogP) is 3.08. The fourth-order valence-corrected chi connectivity index (χ4v) is 3.91. The Bertz CT molecular complexity index is 895. The van der Waals surface area contributed by atoms with Gasteiger partial charge in [-0.25, -0.2) is 8.42 Å². The largest absolute Gasteiger partial charge is 0.322 e. The van der Waals surface area contributed by atoms with Crippen LogP contribution in [0.4, 0.5) is 5.69 Å². The Morgan fingerprint density at radius 1 is 1.11 bits per heavy atom. The summed E-state index contributed by atoms with van der Waals surface area (Å²) in [6, 6.07) is 13.5. The van der Waals surface area contributed by atoms with Crippen molar-refractivity contribution in [2.45, 2.75) is 38.3 Å². The van der Waals surface area contributed by atoms with Crippen LogP contribution in [-0.4, -0.2) is 38.3 Å². The van der Waals surface area contributed by atoms with Gasteiger partial charge in [-0.3, -0.25) is 4.79 Å².